The van der Waals surface area contributed by atoms with Crippen molar-refractivity contribution in [2.24, 2.45) is 0 Å². The molecule has 2 atom stereocenters. The van der Waals surface area contributed by atoms with Gasteiger partial charge in [0.25, 0.3) is 5.60 Å². The summed E-state index contributed by atoms with van der Waals surface area (Å²) in [6.07, 6.45) is -16.9. The number of hydrogen-bond acceptors (Lipinski definition) is 7. The summed E-state index contributed by atoms with van der Waals surface area (Å²) in [6.45, 7) is -1.74. The molecule has 0 saturated heterocycles. The summed E-state index contributed by atoms with van der Waals surface area (Å²) in [5.41, 5.74) is -10.5. The molecular weight excluding hydrogens is 539 g/mol. The number of aliphatic hydroxyl groups is 1. The number of amides is 2. The van der Waals surface area contributed by atoms with Gasteiger partial charge in [-0.05, 0) is 26.0 Å². The van der Waals surface area contributed by atoms with E-state index < -0.39 is 78.9 Å². The molecule has 0 spiro atoms. The third-order valence-electron chi connectivity index (χ3n) is 4.25. The molecule has 37 heavy (non-hydrogen) atoms. The Morgan fingerprint density at radius 1 is 0.811 bits per heavy atom. The van der Waals surface area contributed by atoms with Gasteiger partial charge in [-0.2, -0.15) is 39.5 Å². The van der Waals surface area contributed by atoms with Gasteiger partial charge in [0.15, 0.2) is 0 Å². The normalized spacial score (nSPS) is 15.7. The first kappa shape index (κ1) is 31.7. The molecule has 0 aliphatic rings. The zero-order valence-corrected chi connectivity index (χ0v) is 18.7. The van der Waals surface area contributed by atoms with Gasteiger partial charge >= 0.3 is 42.2 Å². The summed E-state index contributed by atoms with van der Waals surface area (Å²) < 4.78 is 131. The Morgan fingerprint density at radius 3 is 1.70 bits per heavy atom. The summed E-state index contributed by atoms with van der Waals surface area (Å²) in [6, 6.07) is 0.129. The number of rotatable bonds is 9. The largest absolute Gasteiger partial charge is 0.463 e. The van der Waals surface area contributed by atoms with Crippen LogP contribution in [0.2, 0.25) is 0 Å². The maximum atomic E-state index is 13.6. The maximum absolute atomic E-state index is 13.6. The molecule has 2 amide bonds. The van der Waals surface area contributed by atoms with Gasteiger partial charge in [-0.25, -0.2) is 14.4 Å². The summed E-state index contributed by atoms with van der Waals surface area (Å²) in [5.74, 6) is -4.53. The number of hydrogen-bond donors (Lipinski definition) is 3. The van der Waals surface area contributed by atoms with Gasteiger partial charge in [0, 0.05) is 11.3 Å². The van der Waals surface area contributed by atoms with Crippen LogP contribution in [0.1, 0.15) is 19.4 Å². The Balaban J connectivity index is 3.29. The number of urea groups is 1. The average molecular weight is 558 g/mol. The average Bonchev–Trinajstić information content (AvgIpc) is 2.74. The maximum Gasteiger partial charge on any atom is 0.448 e. The SMILES string of the molecule is CCOC(=O)[C@](NC(=O)Nc1ccc([C@](O)(C(=O)OCC)C(F)(F)F)cc1)(OCC(F)(F)F)C(F)(F)F. The van der Waals surface area contributed by atoms with E-state index in [-0.39, 0.29) is 0 Å². The fraction of sp³-hybridized carbons (Fsp3) is 0.526. The minimum atomic E-state index is -5.98. The zero-order valence-electron chi connectivity index (χ0n) is 18.7. The quantitative estimate of drug-likeness (QED) is 0.241. The molecule has 0 heterocycles. The lowest BCUT2D eigenvalue weighted by Gasteiger charge is -2.33. The van der Waals surface area contributed by atoms with Crippen LogP contribution >= 0.6 is 0 Å². The molecule has 0 radical (unpaired) electrons. The minimum absolute atomic E-state index is 0.461. The molecule has 0 saturated carbocycles. The molecule has 18 heteroatoms. The van der Waals surface area contributed by atoms with E-state index in [1.165, 1.54) is 0 Å². The number of benzene rings is 1. The van der Waals surface area contributed by atoms with Crippen LogP contribution in [-0.2, 0) is 29.4 Å². The Morgan fingerprint density at radius 2 is 1.30 bits per heavy atom. The van der Waals surface area contributed by atoms with Gasteiger partial charge in [-0.1, -0.05) is 12.1 Å². The lowest BCUT2D eigenvalue weighted by molar-refractivity contribution is -0.305. The van der Waals surface area contributed by atoms with Crippen LogP contribution in [0.15, 0.2) is 24.3 Å². The number of nitrogens with one attached hydrogen (secondary N) is 2. The number of anilines is 1. The topological polar surface area (TPSA) is 123 Å². The standard InChI is InChI=1S/C19H19F9N2O7/c1-3-35-12(31)16(34,18(23,24)25)10-5-7-11(8-6-10)29-14(33)30-17(19(26,27)28,13(32)36-4-2)37-9-15(20,21)22/h5-8,34H,3-4,9H2,1-2H3,(H2,29,30,33)/t16-,17-/m0/s1. The number of esters is 2. The first-order valence-corrected chi connectivity index (χ1v) is 9.85. The predicted molar refractivity (Wildman–Crippen MR) is 103 cm³/mol. The van der Waals surface area contributed by atoms with Crippen molar-refractivity contribution in [3.63, 3.8) is 0 Å². The number of carbonyl (C=O) groups is 3. The Bertz CT molecular complexity index is 965. The van der Waals surface area contributed by atoms with Crippen molar-refractivity contribution < 1.29 is 73.2 Å². The van der Waals surface area contributed by atoms with E-state index >= 15 is 0 Å². The first-order chi connectivity index (χ1) is 16.7. The van der Waals surface area contributed by atoms with Gasteiger partial charge in [-0.15, -0.1) is 0 Å². The summed E-state index contributed by atoms with van der Waals surface area (Å²) in [4.78, 5) is 35.8. The van der Waals surface area contributed by atoms with Crippen molar-refractivity contribution >= 4 is 23.7 Å². The molecule has 0 bridgehead atoms. The molecule has 0 aliphatic carbocycles. The number of ether oxygens (including phenoxy) is 3. The van der Waals surface area contributed by atoms with Crippen molar-refractivity contribution in [1.29, 1.82) is 0 Å². The molecule has 0 fully saturated rings. The fourth-order valence-electron chi connectivity index (χ4n) is 2.59. The van der Waals surface area contributed by atoms with E-state index in [4.69, 9.17) is 0 Å². The molecule has 3 N–H and O–H groups in total. The number of carbonyl (C=O) groups excluding carboxylic acids is 3. The monoisotopic (exact) mass is 558 g/mol. The van der Waals surface area contributed by atoms with Crippen LogP contribution in [0.5, 0.6) is 0 Å². The van der Waals surface area contributed by atoms with Crippen LogP contribution in [0.4, 0.5) is 50.0 Å². The molecule has 210 valence electrons. The molecule has 0 aliphatic heterocycles. The summed E-state index contributed by atoms with van der Waals surface area (Å²) in [7, 11) is 0. The van der Waals surface area contributed by atoms with Gasteiger partial charge in [0.1, 0.15) is 6.61 Å². The Labute approximate surface area is 201 Å². The van der Waals surface area contributed by atoms with Gasteiger partial charge in [0.2, 0.25) is 0 Å². The summed E-state index contributed by atoms with van der Waals surface area (Å²) >= 11 is 0. The molecule has 0 unspecified atom stereocenters. The summed E-state index contributed by atoms with van der Waals surface area (Å²) in [5, 5.41) is 12.5. The van der Waals surface area contributed by atoms with Crippen LogP contribution in [0.3, 0.4) is 0 Å². The third-order valence-corrected chi connectivity index (χ3v) is 4.25. The van der Waals surface area contributed by atoms with E-state index in [2.05, 4.69) is 14.2 Å². The highest BCUT2D eigenvalue weighted by Crippen LogP contribution is 2.40. The fourth-order valence-corrected chi connectivity index (χ4v) is 2.59. The molecule has 1 aromatic rings. The van der Waals surface area contributed by atoms with Crippen LogP contribution in [-0.4, -0.2) is 67.2 Å². The smallest absolute Gasteiger partial charge is 0.448 e. The van der Waals surface area contributed by atoms with Crippen LogP contribution < -0.4 is 10.6 Å². The molecule has 9 nitrogen and oxygen atoms in total. The predicted octanol–water partition coefficient (Wildman–Crippen LogP) is 3.52. The molecular formula is C19H19F9N2O7. The third kappa shape index (κ3) is 7.37. The van der Waals surface area contributed by atoms with Gasteiger partial charge in [-0.3, -0.25) is 5.32 Å². The van der Waals surface area contributed by atoms with Crippen molar-refractivity contribution in [1.82, 2.24) is 5.32 Å². The molecule has 1 aromatic carbocycles. The van der Waals surface area contributed by atoms with Crippen molar-refractivity contribution in [2.75, 3.05) is 25.1 Å². The van der Waals surface area contributed by atoms with Crippen molar-refractivity contribution in [2.45, 2.75) is 43.7 Å². The van der Waals surface area contributed by atoms with E-state index in [1.807, 2.05) is 0 Å². The van der Waals surface area contributed by atoms with Crippen molar-refractivity contribution in [3.05, 3.63) is 29.8 Å². The second-order valence-corrected chi connectivity index (χ2v) is 6.89. The van der Waals surface area contributed by atoms with E-state index in [0.717, 1.165) is 19.2 Å². The lowest BCUT2D eigenvalue weighted by Crippen LogP contribution is -2.67. The van der Waals surface area contributed by atoms with Gasteiger partial charge in [0.05, 0.1) is 13.2 Å². The molecule has 0 aromatic heterocycles. The Hall–Kier alpha value is -3.28. The zero-order chi connectivity index (χ0) is 28.9. The van der Waals surface area contributed by atoms with Crippen molar-refractivity contribution in [3.8, 4) is 0 Å². The first-order valence-electron chi connectivity index (χ1n) is 9.85. The molecule has 1 rings (SSSR count). The second kappa shape index (κ2) is 11.4. The lowest BCUT2D eigenvalue weighted by atomic mass is 9.93. The second-order valence-electron chi connectivity index (χ2n) is 6.89. The van der Waals surface area contributed by atoms with E-state index in [9.17, 15) is 59.0 Å². The number of alkyl halides is 9. The van der Waals surface area contributed by atoms with Crippen LogP contribution in [0, 0.1) is 0 Å². The van der Waals surface area contributed by atoms with E-state index in [1.54, 1.807) is 5.32 Å². The highest BCUT2D eigenvalue weighted by molar-refractivity contribution is 5.94. The van der Waals surface area contributed by atoms with Gasteiger partial charge < -0.3 is 24.6 Å². The number of halogens is 9. The minimum Gasteiger partial charge on any atom is -0.463 e. The highest BCUT2D eigenvalue weighted by Gasteiger charge is 2.66. The van der Waals surface area contributed by atoms with Crippen LogP contribution in [0.25, 0.3) is 0 Å². The van der Waals surface area contributed by atoms with E-state index in [0.29, 0.717) is 24.3 Å². The Kier molecular flexibility index (Phi) is 9.79. The highest BCUT2D eigenvalue weighted by atomic mass is 19.4.